The van der Waals surface area contributed by atoms with E-state index in [1.807, 2.05) is 4.52 Å². The average molecular weight is 295 g/mol. The highest BCUT2D eigenvalue weighted by Gasteiger charge is 2.30. The molecule has 0 aromatic carbocycles. The van der Waals surface area contributed by atoms with Crippen molar-refractivity contribution in [1.82, 2.24) is 19.8 Å². The van der Waals surface area contributed by atoms with Gasteiger partial charge < -0.3 is 10.5 Å². The zero-order valence-corrected chi connectivity index (χ0v) is 12.8. The van der Waals surface area contributed by atoms with Crippen molar-refractivity contribution >= 4 is 16.3 Å². The zero-order chi connectivity index (χ0) is 14.2. The van der Waals surface area contributed by atoms with Gasteiger partial charge in [-0.25, -0.2) is 0 Å². The van der Waals surface area contributed by atoms with Gasteiger partial charge in [0.2, 0.25) is 4.96 Å². The first kappa shape index (κ1) is 13.9. The third-order valence-electron chi connectivity index (χ3n) is 4.35. The van der Waals surface area contributed by atoms with Crippen molar-refractivity contribution in [2.75, 3.05) is 19.8 Å². The predicted molar refractivity (Wildman–Crippen MR) is 78.2 cm³/mol. The first-order valence-corrected chi connectivity index (χ1v) is 8.00. The Morgan fingerprint density at radius 1 is 1.40 bits per heavy atom. The van der Waals surface area contributed by atoms with Gasteiger partial charge in [-0.15, -0.1) is 10.2 Å². The lowest BCUT2D eigenvalue weighted by atomic mass is 9.89. The van der Waals surface area contributed by atoms with Crippen LogP contribution in [0.2, 0.25) is 0 Å². The second-order valence-electron chi connectivity index (χ2n) is 5.66. The lowest BCUT2D eigenvalue weighted by Gasteiger charge is -2.22. The summed E-state index contributed by atoms with van der Waals surface area (Å²) in [5, 5.41) is 14.4. The molecule has 0 spiro atoms. The Morgan fingerprint density at radius 2 is 2.15 bits per heavy atom. The maximum atomic E-state index is 5.93. The molecule has 1 aliphatic rings. The highest BCUT2D eigenvalue weighted by atomic mass is 32.1. The van der Waals surface area contributed by atoms with Crippen molar-refractivity contribution in [3.8, 4) is 0 Å². The monoisotopic (exact) mass is 295 g/mol. The molecular weight excluding hydrogens is 274 g/mol. The Balaban J connectivity index is 1.98. The van der Waals surface area contributed by atoms with Crippen LogP contribution in [-0.2, 0) is 10.2 Å². The summed E-state index contributed by atoms with van der Waals surface area (Å²) in [5.74, 6) is 1.38. The van der Waals surface area contributed by atoms with Gasteiger partial charge in [0.15, 0.2) is 5.82 Å². The minimum absolute atomic E-state index is 0.0711. The highest BCUT2D eigenvalue weighted by Crippen LogP contribution is 2.32. The molecule has 1 unspecified atom stereocenters. The normalized spacial score (nSPS) is 20.4. The van der Waals surface area contributed by atoms with Crippen LogP contribution in [0, 0.1) is 0 Å². The van der Waals surface area contributed by atoms with Crippen molar-refractivity contribution in [3.05, 3.63) is 10.8 Å². The molecule has 3 rings (SSSR count). The summed E-state index contributed by atoms with van der Waals surface area (Å²) in [5.41, 5.74) is 5.85. The molecule has 7 heteroatoms. The second kappa shape index (κ2) is 5.38. The lowest BCUT2D eigenvalue weighted by molar-refractivity contribution is 0.0831. The smallest absolute Gasteiger partial charge is 0.234 e. The van der Waals surface area contributed by atoms with Gasteiger partial charge in [0, 0.05) is 31.1 Å². The third kappa shape index (κ3) is 2.23. The van der Waals surface area contributed by atoms with E-state index in [0.717, 1.165) is 48.3 Å². The molecule has 3 heterocycles. The summed E-state index contributed by atoms with van der Waals surface area (Å²) in [6, 6.07) is 0. The van der Waals surface area contributed by atoms with Gasteiger partial charge in [-0.3, -0.25) is 0 Å². The van der Waals surface area contributed by atoms with E-state index in [9.17, 15) is 0 Å². The van der Waals surface area contributed by atoms with Crippen LogP contribution in [0.4, 0.5) is 0 Å². The number of ether oxygens (including phenoxy) is 1. The van der Waals surface area contributed by atoms with Gasteiger partial charge >= 0.3 is 0 Å². The van der Waals surface area contributed by atoms with Crippen LogP contribution < -0.4 is 5.73 Å². The van der Waals surface area contributed by atoms with Crippen LogP contribution in [0.25, 0.3) is 4.96 Å². The SMILES string of the molecule is CCC(C)(CN)c1nn2c(C3CCOCC3)nnc2s1. The van der Waals surface area contributed by atoms with E-state index >= 15 is 0 Å². The predicted octanol–water partition coefficient (Wildman–Crippen LogP) is 1.71. The number of rotatable bonds is 4. The van der Waals surface area contributed by atoms with E-state index in [0.29, 0.717) is 12.5 Å². The first-order chi connectivity index (χ1) is 9.68. The summed E-state index contributed by atoms with van der Waals surface area (Å²) in [6.07, 6.45) is 2.96. The number of hydrogen-bond acceptors (Lipinski definition) is 6. The van der Waals surface area contributed by atoms with E-state index in [4.69, 9.17) is 15.6 Å². The van der Waals surface area contributed by atoms with Gasteiger partial charge in [-0.05, 0) is 19.3 Å². The number of hydrogen-bond donors (Lipinski definition) is 1. The van der Waals surface area contributed by atoms with Crippen LogP contribution >= 0.6 is 11.3 Å². The fraction of sp³-hybridized carbons (Fsp3) is 0.769. The number of nitrogens with two attached hydrogens (primary N) is 1. The Morgan fingerprint density at radius 3 is 2.80 bits per heavy atom. The Bertz CT molecular complexity index is 583. The van der Waals surface area contributed by atoms with Crippen LogP contribution in [-0.4, -0.2) is 39.6 Å². The summed E-state index contributed by atoms with van der Waals surface area (Å²) in [7, 11) is 0. The van der Waals surface area contributed by atoms with Gasteiger partial charge in [0.1, 0.15) is 5.01 Å². The van der Waals surface area contributed by atoms with Crippen LogP contribution in [0.5, 0.6) is 0 Å². The molecule has 1 fully saturated rings. The maximum Gasteiger partial charge on any atom is 0.234 e. The van der Waals surface area contributed by atoms with Crippen molar-refractivity contribution in [1.29, 1.82) is 0 Å². The zero-order valence-electron chi connectivity index (χ0n) is 12.0. The minimum atomic E-state index is -0.0711. The highest BCUT2D eigenvalue weighted by molar-refractivity contribution is 7.16. The van der Waals surface area contributed by atoms with Crippen molar-refractivity contribution < 1.29 is 4.74 Å². The molecule has 2 aromatic heterocycles. The van der Waals surface area contributed by atoms with E-state index in [1.165, 1.54) is 0 Å². The molecule has 1 saturated heterocycles. The van der Waals surface area contributed by atoms with Crippen LogP contribution in [0.3, 0.4) is 0 Å². The van der Waals surface area contributed by atoms with E-state index in [-0.39, 0.29) is 5.41 Å². The second-order valence-corrected chi connectivity index (χ2v) is 6.62. The molecule has 0 aliphatic carbocycles. The summed E-state index contributed by atoms with van der Waals surface area (Å²) >= 11 is 1.61. The molecule has 6 nitrogen and oxygen atoms in total. The quantitative estimate of drug-likeness (QED) is 0.929. The molecule has 1 aliphatic heterocycles. The maximum absolute atomic E-state index is 5.93. The number of aromatic nitrogens is 4. The van der Waals surface area contributed by atoms with Crippen LogP contribution in [0.1, 0.15) is 49.9 Å². The Hall–Kier alpha value is -1.05. The molecule has 1 atom stereocenters. The topological polar surface area (TPSA) is 78.3 Å². The van der Waals surface area contributed by atoms with Gasteiger partial charge in [-0.1, -0.05) is 25.2 Å². The Labute approximate surface area is 122 Å². The lowest BCUT2D eigenvalue weighted by Crippen LogP contribution is -2.31. The van der Waals surface area contributed by atoms with Crippen LogP contribution in [0.15, 0.2) is 0 Å². The summed E-state index contributed by atoms with van der Waals surface area (Å²) in [4.78, 5) is 0.870. The molecule has 0 amide bonds. The van der Waals surface area contributed by atoms with E-state index in [1.54, 1.807) is 11.3 Å². The Kier molecular flexibility index (Phi) is 3.74. The summed E-state index contributed by atoms with van der Waals surface area (Å²) in [6.45, 7) is 6.50. The fourth-order valence-electron chi connectivity index (χ4n) is 2.47. The molecule has 110 valence electrons. The third-order valence-corrected chi connectivity index (χ3v) is 5.55. The molecular formula is C13H21N5OS. The number of nitrogens with zero attached hydrogens (tertiary/aromatic N) is 4. The van der Waals surface area contributed by atoms with Gasteiger partial charge in [0.25, 0.3) is 0 Å². The molecule has 20 heavy (non-hydrogen) atoms. The van der Waals surface area contributed by atoms with Gasteiger partial charge in [-0.2, -0.15) is 9.61 Å². The van der Waals surface area contributed by atoms with E-state index < -0.39 is 0 Å². The molecule has 0 saturated carbocycles. The minimum Gasteiger partial charge on any atom is -0.381 e. The molecule has 2 aromatic rings. The summed E-state index contributed by atoms with van der Waals surface area (Å²) < 4.78 is 7.33. The van der Waals surface area contributed by atoms with E-state index in [2.05, 4.69) is 24.0 Å². The molecule has 0 radical (unpaired) electrons. The standard InChI is InChI=1S/C13H21N5OS/c1-3-13(2,8-14)11-17-18-10(15-16-12(18)20-11)9-4-6-19-7-5-9/h9H,3-8,14H2,1-2H3. The largest absolute Gasteiger partial charge is 0.381 e. The number of fused-ring (bicyclic) bond motifs is 1. The van der Waals surface area contributed by atoms with Crippen molar-refractivity contribution in [2.45, 2.75) is 44.4 Å². The fourth-order valence-corrected chi connectivity index (χ4v) is 3.54. The average Bonchev–Trinajstić information content (AvgIpc) is 3.07. The first-order valence-electron chi connectivity index (χ1n) is 7.18. The van der Waals surface area contributed by atoms with Gasteiger partial charge in [0.05, 0.1) is 0 Å². The molecule has 2 N–H and O–H groups in total. The molecule has 0 bridgehead atoms. The van der Waals surface area contributed by atoms with Crippen molar-refractivity contribution in [3.63, 3.8) is 0 Å². The van der Waals surface area contributed by atoms with Crippen molar-refractivity contribution in [2.24, 2.45) is 5.73 Å².